The number of carbonyl (C=O) groups is 2. The number of halogens is 1. The van der Waals surface area contributed by atoms with Crippen molar-refractivity contribution in [1.29, 1.82) is 0 Å². The average molecular weight is 566 g/mol. The number of sulfonamides is 1. The minimum atomic E-state index is -3.63. The topological polar surface area (TPSA) is 105 Å². The molecule has 0 bridgehead atoms. The molecule has 0 saturated carbocycles. The van der Waals surface area contributed by atoms with E-state index in [0.29, 0.717) is 35.4 Å². The molecule has 3 rings (SSSR count). The van der Waals surface area contributed by atoms with Gasteiger partial charge >= 0.3 is 0 Å². The average Bonchev–Trinajstić information content (AvgIpc) is 2.89. The van der Waals surface area contributed by atoms with Crippen molar-refractivity contribution < 1.29 is 27.5 Å². The van der Waals surface area contributed by atoms with Gasteiger partial charge in [0.2, 0.25) is 21.8 Å². The van der Waals surface area contributed by atoms with Crippen LogP contribution in [0.3, 0.4) is 0 Å². The molecule has 2 atom stereocenters. The molecule has 1 aliphatic rings. The van der Waals surface area contributed by atoms with Gasteiger partial charge in [0.1, 0.15) is 19.3 Å². The Bertz CT molecular complexity index is 1240. The van der Waals surface area contributed by atoms with Gasteiger partial charge < -0.3 is 19.7 Å². The maximum atomic E-state index is 13.4. The highest BCUT2D eigenvalue weighted by molar-refractivity contribution is 7.92. The number of rotatable bonds is 12. The second-order valence-corrected chi connectivity index (χ2v) is 11.7. The van der Waals surface area contributed by atoms with E-state index in [4.69, 9.17) is 21.1 Å². The molecular formula is C27H36ClN3O6S. The molecule has 0 aliphatic carbocycles. The van der Waals surface area contributed by atoms with E-state index in [1.807, 2.05) is 26.0 Å². The maximum Gasteiger partial charge on any atom is 0.242 e. The van der Waals surface area contributed by atoms with E-state index >= 15 is 0 Å². The van der Waals surface area contributed by atoms with Crippen LogP contribution in [-0.4, -0.2) is 63.2 Å². The lowest BCUT2D eigenvalue weighted by Gasteiger charge is -2.30. The van der Waals surface area contributed by atoms with Gasteiger partial charge in [-0.05, 0) is 50.5 Å². The van der Waals surface area contributed by atoms with Gasteiger partial charge in [-0.3, -0.25) is 13.9 Å². The Morgan fingerprint density at radius 1 is 1.08 bits per heavy atom. The van der Waals surface area contributed by atoms with Gasteiger partial charge in [-0.25, -0.2) is 8.42 Å². The number of ether oxygens (including phenoxy) is 2. The third kappa shape index (κ3) is 7.77. The summed E-state index contributed by atoms with van der Waals surface area (Å²) in [4.78, 5) is 27.8. The highest BCUT2D eigenvalue weighted by atomic mass is 35.5. The summed E-state index contributed by atoms with van der Waals surface area (Å²) in [5.41, 5.74) is 1.15. The zero-order valence-corrected chi connectivity index (χ0v) is 23.8. The van der Waals surface area contributed by atoms with Crippen LogP contribution in [0.15, 0.2) is 42.5 Å². The van der Waals surface area contributed by atoms with Crippen LogP contribution in [0.1, 0.15) is 45.6 Å². The minimum absolute atomic E-state index is 0.0310. The lowest BCUT2D eigenvalue weighted by Crippen LogP contribution is -2.49. The molecule has 0 radical (unpaired) electrons. The van der Waals surface area contributed by atoms with E-state index in [9.17, 15) is 18.0 Å². The van der Waals surface area contributed by atoms with Crippen LogP contribution in [0.5, 0.6) is 11.5 Å². The number of amides is 2. The zero-order valence-electron chi connectivity index (χ0n) is 22.3. The lowest BCUT2D eigenvalue weighted by atomic mass is 10.1. The Balaban J connectivity index is 1.75. The van der Waals surface area contributed by atoms with Crippen LogP contribution in [0.4, 0.5) is 5.69 Å². The SMILES string of the molecule is CC[C@@H](C)NC(=O)[C@@H](C)N(Cc1ccccc1Cl)C(=O)CCCN(c1ccc2c(c1)OCCO2)S(C)(=O)=O. The fourth-order valence-corrected chi connectivity index (χ4v) is 5.20. The van der Waals surface area contributed by atoms with Crippen molar-refractivity contribution in [1.82, 2.24) is 10.2 Å². The smallest absolute Gasteiger partial charge is 0.242 e. The van der Waals surface area contributed by atoms with E-state index in [1.54, 1.807) is 37.3 Å². The molecule has 0 saturated heterocycles. The van der Waals surface area contributed by atoms with Crippen molar-refractivity contribution in [3.05, 3.63) is 53.1 Å². The number of carbonyl (C=O) groups excluding carboxylic acids is 2. The predicted octanol–water partition coefficient (Wildman–Crippen LogP) is 3.99. The second-order valence-electron chi connectivity index (χ2n) is 9.37. The summed E-state index contributed by atoms with van der Waals surface area (Å²) in [5.74, 6) is 0.509. The van der Waals surface area contributed by atoms with Gasteiger partial charge in [0.05, 0.1) is 11.9 Å². The Labute approximate surface area is 230 Å². The molecule has 9 nitrogen and oxygen atoms in total. The predicted molar refractivity (Wildman–Crippen MR) is 148 cm³/mol. The van der Waals surface area contributed by atoms with Crippen LogP contribution in [0, 0.1) is 0 Å². The maximum absolute atomic E-state index is 13.4. The van der Waals surface area contributed by atoms with Crippen molar-refractivity contribution in [3.8, 4) is 11.5 Å². The number of nitrogens with zero attached hydrogens (tertiary/aromatic N) is 2. The van der Waals surface area contributed by atoms with Crippen molar-refractivity contribution in [2.45, 2.75) is 58.7 Å². The summed E-state index contributed by atoms with van der Waals surface area (Å²) in [6.07, 6.45) is 2.18. The third-order valence-electron chi connectivity index (χ3n) is 6.43. The zero-order chi connectivity index (χ0) is 27.9. The highest BCUT2D eigenvalue weighted by Crippen LogP contribution is 2.34. The first-order valence-corrected chi connectivity index (χ1v) is 14.9. The number of anilines is 1. The summed E-state index contributed by atoms with van der Waals surface area (Å²) >= 11 is 6.35. The van der Waals surface area contributed by atoms with Crippen molar-refractivity contribution >= 4 is 39.1 Å². The van der Waals surface area contributed by atoms with Gasteiger partial charge in [0.25, 0.3) is 0 Å². The van der Waals surface area contributed by atoms with E-state index in [1.165, 1.54) is 9.21 Å². The number of nitrogens with one attached hydrogen (secondary N) is 1. The molecule has 0 fully saturated rings. The van der Waals surface area contributed by atoms with Crippen LogP contribution in [0.25, 0.3) is 0 Å². The van der Waals surface area contributed by atoms with E-state index in [0.717, 1.165) is 18.2 Å². The second kappa shape index (κ2) is 13.2. The molecule has 0 aromatic heterocycles. The van der Waals surface area contributed by atoms with E-state index in [2.05, 4.69) is 5.32 Å². The molecule has 2 aromatic carbocycles. The Morgan fingerprint density at radius 3 is 2.42 bits per heavy atom. The molecule has 0 unspecified atom stereocenters. The monoisotopic (exact) mass is 565 g/mol. The molecule has 1 aliphatic heterocycles. The normalized spacial score (nSPS) is 14.3. The lowest BCUT2D eigenvalue weighted by molar-refractivity contribution is -0.140. The van der Waals surface area contributed by atoms with Gasteiger partial charge in [-0.2, -0.15) is 0 Å². The molecule has 2 amide bonds. The van der Waals surface area contributed by atoms with Gasteiger partial charge in [-0.1, -0.05) is 36.7 Å². The molecule has 1 heterocycles. The highest BCUT2D eigenvalue weighted by Gasteiger charge is 2.28. The van der Waals surface area contributed by atoms with Crippen LogP contribution in [0.2, 0.25) is 5.02 Å². The quantitative estimate of drug-likeness (QED) is 0.417. The van der Waals surface area contributed by atoms with Gasteiger partial charge in [-0.15, -0.1) is 0 Å². The number of hydrogen-bond donors (Lipinski definition) is 1. The first kappa shape index (κ1) is 29.6. The summed E-state index contributed by atoms with van der Waals surface area (Å²) in [6, 6.07) is 11.4. The Kier molecular flexibility index (Phi) is 10.3. The molecule has 208 valence electrons. The van der Waals surface area contributed by atoms with Crippen LogP contribution >= 0.6 is 11.6 Å². The van der Waals surface area contributed by atoms with Crippen molar-refractivity contribution in [2.24, 2.45) is 0 Å². The standard InChI is InChI=1S/C27H36ClN3O6S/c1-5-19(2)29-27(33)20(3)30(18-21-9-6-7-10-23(21)28)26(32)11-8-14-31(38(4,34)35)22-12-13-24-25(17-22)37-16-15-36-24/h6-7,9-10,12-13,17,19-20H,5,8,11,14-16,18H2,1-4H3,(H,29,33)/t19-,20-/m1/s1. The summed E-state index contributed by atoms with van der Waals surface area (Å²) in [7, 11) is -3.63. The minimum Gasteiger partial charge on any atom is -0.486 e. The number of fused-ring (bicyclic) bond motifs is 1. The molecule has 2 aromatic rings. The molecule has 0 spiro atoms. The van der Waals surface area contributed by atoms with Crippen molar-refractivity contribution in [2.75, 3.05) is 30.3 Å². The fourth-order valence-electron chi connectivity index (χ4n) is 4.05. The Morgan fingerprint density at radius 2 is 1.76 bits per heavy atom. The third-order valence-corrected chi connectivity index (χ3v) is 8.00. The van der Waals surface area contributed by atoms with Crippen LogP contribution < -0.4 is 19.1 Å². The fraction of sp³-hybridized carbons (Fsp3) is 0.481. The Hall–Kier alpha value is -2.98. The summed E-state index contributed by atoms with van der Waals surface area (Å²) in [6.45, 7) is 6.62. The summed E-state index contributed by atoms with van der Waals surface area (Å²) < 4.78 is 37.6. The van der Waals surface area contributed by atoms with E-state index < -0.39 is 16.1 Å². The van der Waals surface area contributed by atoms with Crippen molar-refractivity contribution in [3.63, 3.8) is 0 Å². The number of hydrogen-bond acceptors (Lipinski definition) is 6. The largest absolute Gasteiger partial charge is 0.486 e. The van der Waals surface area contributed by atoms with Gasteiger partial charge in [0.15, 0.2) is 11.5 Å². The first-order chi connectivity index (χ1) is 18.0. The summed E-state index contributed by atoms with van der Waals surface area (Å²) in [5, 5.41) is 3.43. The molecule has 38 heavy (non-hydrogen) atoms. The van der Waals surface area contributed by atoms with Crippen LogP contribution in [-0.2, 0) is 26.2 Å². The number of benzene rings is 2. The first-order valence-electron chi connectivity index (χ1n) is 12.7. The molecular weight excluding hydrogens is 530 g/mol. The molecule has 11 heteroatoms. The van der Waals surface area contributed by atoms with E-state index in [-0.39, 0.29) is 43.8 Å². The van der Waals surface area contributed by atoms with Gasteiger partial charge in [0, 0.05) is 36.6 Å². The molecule has 1 N–H and O–H groups in total.